The molecule has 0 aliphatic heterocycles. The third kappa shape index (κ3) is 3.96. The molecule has 0 aliphatic rings. The van der Waals surface area contributed by atoms with E-state index >= 15 is 0 Å². The van der Waals surface area contributed by atoms with Crippen molar-refractivity contribution in [3.63, 3.8) is 0 Å². The normalized spacial score (nSPS) is 10.5. The molecule has 0 spiro atoms. The van der Waals surface area contributed by atoms with E-state index < -0.39 is 0 Å². The van der Waals surface area contributed by atoms with Gasteiger partial charge in [0.1, 0.15) is 6.61 Å². The first-order chi connectivity index (χ1) is 7.54. The van der Waals surface area contributed by atoms with E-state index in [0.29, 0.717) is 6.61 Å². The van der Waals surface area contributed by atoms with Crippen molar-refractivity contribution >= 4 is 0 Å². The fourth-order valence-electron chi connectivity index (χ4n) is 1.21. The summed E-state index contributed by atoms with van der Waals surface area (Å²) in [5.74, 6) is 2.86. The molecule has 16 heavy (non-hydrogen) atoms. The smallest absolute Gasteiger partial charge is 0.101 e. The van der Waals surface area contributed by atoms with Crippen LogP contribution in [0.4, 0.5) is 0 Å². The zero-order valence-electron chi connectivity index (χ0n) is 10.4. The number of hydrogen-bond donors (Lipinski definition) is 0. The molecule has 0 aliphatic carbocycles. The monoisotopic (exact) mass is 217 g/mol. The highest BCUT2D eigenvalue weighted by Crippen LogP contribution is 2.14. The molecule has 0 saturated heterocycles. The summed E-state index contributed by atoms with van der Waals surface area (Å²) in [6.07, 6.45) is 0. The van der Waals surface area contributed by atoms with Gasteiger partial charge in [-0.3, -0.25) is 4.84 Å². The van der Waals surface area contributed by atoms with Crippen LogP contribution in [-0.2, 0) is 11.4 Å². The molecule has 0 radical (unpaired) electrons. The summed E-state index contributed by atoms with van der Waals surface area (Å²) >= 11 is 0. The van der Waals surface area contributed by atoms with Crippen molar-refractivity contribution in [2.45, 2.75) is 39.8 Å². The van der Waals surface area contributed by atoms with Crippen molar-refractivity contribution in [3.8, 4) is 12.0 Å². The molecule has 1 rings (SSSR count). The van der Waals surface area contributed by atoms with Crippen LogP contribution in [-0.4, -0.2) is 10.6 Å². The number of benzene rings is 1. The number of hydroxylamine groups is 2. The standard InChI is InChI=1S/C14H19NO/c1-5-11-15(14(2,3)4)16-12-13-9-7-6-8-10-13/h6-10H,12H2,1-4H3. The van der Waals surface area contributed by atoms with Crippen LogP contribution in [0.25, 0.3) is 0 Å². The Bertz CT molecular complexity index is 367. The van der Waals surface area contributed by atoms with Gasteiger partial charge in [0.05, 0.1) is 5.54 Å². The Morgan fingerprint density at radius 1 is 1.19 bits per heavy atom. The molecular weight excluding hydrogens is 198 g/mol. The first-order valence-corrected chi connectivity index (χ1v) is 5.43. The lowest BCUT2D eigenvalue weighted by Crippen LogP contribution is -2.37. The number of nitrogens with zero attached hydrogens (tertiary/aromatic N) is 1. The molecule has 0 amide bonds. The highest BCUT2D eigenvalue weighted by atomic mass is 16.7. The Labute approximate surface area is 98.2 Å². The first kappa shape index (κ1) is 12.6. The van der Waals surface area contributed by atoms with E-state index in [2.05, 4.69) is 32.7 Å². The van der Waals surface area contributed by atoms with Crippen LogP contribution in [0, 0.1) is 12.0 Å². The summed E-state index contributed by atoms with van der Waals surface area (Å²) in [7, 11) is 0. The summed E-state index contributed by atoms with van der Waals surface area (Å²) in [4.78, 5) is 5.69. The van der Waals surface area contributed by atoms with Crippen molar-refractivity contribution in [1.82, 2.24) is 5.06 Å². The van der Waals surface area contributed by atoms with E-state index in [1.165, 1.54) is 0 Å². The third-order valence-electron chi connectivity index (χ3n) is 2.03. The molecule has 0 bridgehead atoms. The average molecular weight is 217 g/mol. The third-order valence-corrected chi connectivity index (χ3v) is 2.03. The number of hydrogen-bond acceptors (Lipinski definition) is 2. The molecule has 0 heterocycles. The Balaban J connectivity index is 2.60. The molecular formula is C14H19NO. The summed E-state index contributed by atoms with van der Waals surface area (Å²) < 4.78 is 0. The van der Waals surface area contributed by atoms with Gasteiger partial charge in [-0.2, -0.15) is 0 Å². The van der Waals surface area contributed by atoms with Gasteiger partial charge in [0, 0.05) is 6.04 Å². The summed E-state index contributed by atoms with van der Waals surface area (Å²) in [5, 5.41) is 1.71. The lowest BCUT2D eigenvalue weighted by molar-refractivity contribution is -0.172. The fraction of sp³-hybridized carbons (Fsp3) is 0.429. The molecule has 86 valence electrons. The van der Waals surface area contributed by atoms with Gasteiger partial charge in [0.2, 0.25) is 0 Å². The molecule has 1 aromatic carbocycles. The zero-order chi connectivity index (χ0) is 12.0. The Hall–Kier alpha value is -1.46. The molecule has 0 atom stereocenters. The van der Waals surface area contributed by atoms with E-state index in [1.54, 1.807) is 5.06 Å². The largest absolute Gasteiger partial charge is 0.260 e. The van der Waals surface area contributed by atoms with Crippen LogP contribution in [0.5, 0.6) is 0 Å². The van der Waals surface area contributed by atoms with E-state index in [0.717, 1.165) is 5.56 Å². The van der Waals surface area contributed by atoms with Gasteiger partial charge in [-0.1, -0.05) is 36.3 Å². The predicted octanol–water partition coefficient (Wildman–Crippen LogP) is 3.20. The van der Waals surface area contributed by atoms with Crippen molar-refractivity contribution in [3.05, 3.63) is 35.9 Å². The van der Waals surface area contributed by atoms with Gasteiger partial charge in [-0.05, 0) is 33.3 Å². The van der Waals surface area contributed by atoms with Gasteiger partial charge in [-0.25, -0.2) is 5.06 Å². The maximum atomic E-state index is 5.69. The molecule has 0 saturated carbocycles. The molecule has 2 heteroatoms. The Kier molecular flexibility index (Phi) is 4.39. The van der Waals surface area contributed by atoms with Crippen molar-refractivity contribution in [1.29, 1.82) is 0 Å². The second kappa shape index (κ2) is 5.58. The quantitative estimate of drug-likeness (QED) is 0.438. The second-order valence-electron chi connectivity index (χ2n) is 4.59. The molecule has 1 aromatic rings. The summed E-state index contributed by atoms with van der Waals surface area (Å²) in [5.41, 5.74) is 1.03. The van der Waals surface area contributed by atoms with Gasteiger partial charge >= 0.3 is 0 Å². The van der Waals surface area contributed by atoms with Gasteiger partial charge < -0.3 is 0 Å². The highest BCUT2D eigenvalue weighted by Gasteiger charge is 2.19. The summed E-state index contributed by atoms with van der Waals surface area (Å²) in [6.45, 7) is 8.57. The van der Waals surface area contributed by atoms with E-state index in [-0.39, 0.29) is 5.54 Å². The minimum Gasteiger partial charge on any atom is -0.260 e. The Morgan fingerprint density at radius 2 is 1.81 bits per heavy atom. The van der Waals surface area contributed by atoms with Crippen LogP contribution < -0.4 is 0 Å². The van der Waals surface area contributed by atoms with Crippen LogP contribution in [0.3, 0.4) is 0 Å². The van der Waals surface area contributed by atoms with Crippen molar-refractivity contribution in [2.75, 3.05) is 0 Å². The highest BCUT2D eigenvalue weighted by molar-refractivity contribution is 5.13. The van der Waals surface area contributed by atoms with Crippen LogP contribution >= 0.6 is 0 Å². The average Bonchev–Trinajstić information content (AvgIpc) is 2.24. The van der Waals surface area contributed by atoms with E-state index in [1.807, 2.05) is 37.3 Å². The molecule has 0 N–H and O–H groups in total. The van der Waals surface area contributed by atoms with E-state index in [9.17, 15) is 0 Å². The Morgan fingerprint density at radius 3 is 2.31 bits per heavy atom. The molecule has 0 aromatic heterocycles. The zero-order valence-corrected chi connectivity index (χ0v) is 10.4. The maximum Gasteiger partial charge on any atom is 0.101 e. The predicted molar refractivity (Wildman–Crippen MR) is 66.3 cm³/mol. The lowest BCUT2D eigenvalue weighted by Gasteiger charge is -2.30. The SMILES string of the molecule is CC#CN(OCc1ccccc1)C(C)(C)C. The number of rotatable bonds is 3. The molecule has 0 unspecified atom stereocenters. The van der Waals surface area contributed by atoms with Crippen LogP contribution in [0.2, 0.25) is 0 Å². The summed E-state index contributed by atoms with van der Waals surface area (Å²) in [6, 6.07) is 13.0. The molecule has 2 nitrogen and oxygen atoms in total. The van der Waals surface area contributed by atoms with Gasteiger partial charge in [-0.15, -0.1) is 0 Å². The minimum atomic E-state index is -0.113. The maximum absolute atomic E-state index is 5.69. The van der Waals surface area contributed by atoms with Crippen molar-refractivity contribution < 1.29 is 4.84 Å². The lowest BCUT2D eigenvalue weighted by atomic mass is 10.1. The van der Waals surface area contributed by atoms with Crippen molar-refractivity contribution in [2.24, 2.45) is 0 Å². The second-order valence-corrected chi connectivity index (χ2v) is 4.59. The molecule has 0 fully saturated rings. The topological polar surface area (TPSA) is 12.5 Å². The van der Waals surface area contributed by atoms with Gasteiger partial charge in [0.15, 0.2) is 0 Å². The van der Waals surface area contributed by atoms with E-state index in [4.69, 9.17) is 4.84 Å². The van der Waals surface area contributed by atoms with Gasteiger partial charge in [0.25, 0.3) is 0 Å². The van der Waals surface area contributed by atoms with Crippen LogP contribution in [0.15, 0.2) is 30.3 Å². The minimum absolute atomic E-state index is 0.113. The first-order valence-electron chi connectivity index (χ1n) is 5.43. The fourth-order valence-corrected chi connectivity index (χ4v) is 1.21. The van der Waals surface area contributed by atoms with Crippen LogP contribution in [0.1, 0.15) is 33.3 Å².